The van der Waals surface area contributed by atoms with Crippen molar-refractivity contribution < 1.29 is 8.42 Å². The van der Waals surface area contributed by atoms with Crippen LogP contribution < -0.4 is 4.72 Å². The fourth-order valence-electron chi connectivity index (χ4n) is 2.01. The lowest BCUT2D eigenvalue weighted by Crippen LogP contribution is -2.26. The van der Waals surface area contributed by atoms with Gasteiger partial charge in [0.15, 0.2) is 0 Å². The molecule has 0 fully saturated rings. The van der Waals surface area contributed by atoms with Gasteiger partial charge in [-0.05, 0) is 36.6 Å². The summed E-state index contributed by atoms with van der Waals surface area (Å²) in [5.74, 6) is 0. The molecule has 0 heterocycles. The van der Waals surface area contributed by atoms with Crippen LogP contribution in [0.1, 0.15) is 16.7 Å². The largest absolute Gasteiger partial charge is 0.240 e. The van der Waals surface area contributed by atoms with Gasteiger partial charge in [0, 0.05) is 6.54 Å². The first-order valence-electron chi connectivity index (χ1n) is 6.57. The van der Waals surface area contributed by atoms with Gasteiger partial charge in [0.2, 0.25) is 10.0 Å². The second-order valence-corrected chi connectivity index (χ2v) is 6.46. The summed E-state index contributed by atoms with van der Waals surface area (Å²) in [4.78, 5) is 0.162. The van der Waals surface area contributed by atoms with E-state index < -0.39 is 10.0 Å². The van der Waals surface area contributed by atoms with Gasteiger partial charge in [-0.25, -0.2) is 13.1 Å². The molecule has 0 amide bonds. The molecule has 0 aliphatic rings. The van der Waals surface area contributed by atoms with Crippen molar-refractivity contribution in [1.82, 2.24) is 4.72 Å². The Morgan fingerprint density at radius 1 is 1.14 bits per heavy atom. The number of aryl methyl sites for hydroxylation is 1. The number of nitriles is 1. The minimum atomic E-state index is -3.59. The van der Waals surface area contributed by atoms with Crippen LogP contribution in [0, 0.1) is 18.3 Å². The van der Waals surface area contributed by atoms with E-state index in [0.29, 0.717) is 24.1 Å². The van der Waals surface area contributed by atoms with Crippen molar-refractivity contribution in [2.45, 2.75) is 18.2 Å². The number of benzene rings is 2. The van der Waals surface area contributed by atoms with Crippen molar-refractivity contribution in [1.29, 1.82) is 5.26 Å². The van der Waals surface area contributed by atoms with Crippen LogP contribution in [0.2, 0.25) is 0 Å². The number of rotatable bonds is 5. The van der Waals surface area contributed by atoms with Gasteiger partial charge in [-0.3, -0.25) is 0 Å². The quantitative estimate of drug-likeness (QED) is 0.921. The van der Waals surface area contributed by atoms with E-state index in [2.05, 4.69) is 4.72 Å². The number of sulfonamides is 1. The molecule has 2 aromatic rings. The van der Waals surface area contributed by atoms with Crippen LogP contribution in [0.5, 0.6) is 0 Å². The molecule has 0 spiro atoms. The molecule has 0 aliphatic heterocycles. The van der Waals surface area contributed by atoms with Crippen LogP contribution in [0.15, 0.2) is 53.4 Å². The lowest BCUT2D eigenvalue weighted by molar-refractivity contribution is 0.581. The fourth-order valence-corrected chi connectivity index (χ4v) is 3.31. The maximum absolute atomic E-state index is 12.3. The lowest BCUT2D eigenvalue weighted by atomic mass is 10.2. The van der Waals surface area contributed by atoms with E-state index in [1.54, 1.807) is 19.1 Å². The molecule has 5 heteroatoms. The predicted octanol–water partition coefficient (Wildman–Crippen LogP) is 2.39. The van der Waals surface area contributed by atoms with Gasteiger partial charge in [0.1, 0.15) is 0 Å². The van der Waals surface area contributed by atoms with E-state index in [1.807, 2.05) is 36.4 Å². The number of nitrogens with one attached hydrogen (secondary N) is 1. The van der Waals surface area contributed by atoms with Crippen LogP contribution in [-0.2, 0) is 16.4 Å². The maximum atomic E-state index is 12.3. The first kappa shape index (κ1) is 15.2. The zero-order valence-electron chi connectivity index (χ0n) is 11.7. The summed E-state index contributed by atoms with van der Waals surface area (Å²) in [6.45, 7) is 2.04. The molecule has 0 bridgehead atoms. The summed E-state index contributed by atoms with van der Waals surface area (Å²) >= 11 is 0. The molecule has 108 valence electrons. The van der Waals surface area contributed by atoms with E-state index in [-0.39, 0.29) is 4.90 Å². The highest BCUT2D eigenvalue weighted by molar-refractivity contribution is 7.89. The summed E-state index contributed by atoms with van der Waals surface area (Å²) in [6.07, 6.45) is 0.622. The van der Waals surface area contributed by atoms with Crippen LogP contribution >= 0.6 is 0 Å². The van der Waals surface area contributed by atoms with E-state index in [0.717, 1.165) is 5.56 Å². The van der Waals surface area contributed by atoms with E-state index in [1.165, 1.54) is 6.07 Å². The number of hydrogen-bond acceptors (Lipinski definition) is 3. The Morgan fingerprint density at radius 3 is 2.52 bits per heavy atom. The molecule has 0 saturated heterocycles. The molecule has 0 unspecified atom stereocenters. The van der Waals surface area contributed by atoms with Crippen molar-refractivity contribution >= 4 is 10.0 Å². The average molecular weight is 300 g/mol. The van der Waals surface area contributed by atoms with Gasteiger partial charge in [0.05, 0.1) is 16.5 Å². The van der Waals surface area contributed by atoms with Crippen molar-refractivity contribution in [3.05, 3.63) is 65.2 Å². The van der Waals surface area contributed by atoms with Gasteiger partial charge >= 0.3 is 0 Å². The molecule has 1 N–H and O–H groups in total. The molecule has 2 rings (SSSR count). The molecule has 0 aromatic heterocycles. The molecule has 21 heavy (non-hydrogen) atoms. The number of hydrogen-bond donors (Lipinski definition) is 1. The predicted molar refractivity (Wildman–Crippen MR) is 81.2 cm³/mol. The van der Waals surface area contributed by atoms with Gasteiger partial charge < -0.3 is 0 Å². The Kier molecular flexibility index (Phi) is 4.73. The first-order valence-corrected chi connectivity index (χ1v) is 8.05. The highest BCUT2D eigenvalue weighted by Crippen LogP contribution is 2.16. The molecule has 0 saturated carbocycles. The summed E-state index contributed by atoms with van der Waals surface area (Å²) in [7, 11) is -3.59. The van der Waals surface area contributed by atoms with Gasteiger partial charge in [-0.1, -0.05) is 36.4 Å². The third-order valence-electron chi connectivity index (χ3n) is 3.16. The Balaban J connectivity index is 2.10. The maximum Gasteiger partial charge on any atom is 0.240 e. The van der Waals surface area contributed by atoms with Crippen LogP contribution in [0.25, 0.3) is 0 Å². The van der Waals surface area contributed by atoms with Crippen molar-refractivity contribution in [3.63, 3.8) is 0 Å². The Labute approximate surface area is 125 Å². The molecule has 0 radical (unpaired) electrons. The number of nitrogens with zero attached hydrogens (tertiary/aromatic N) is 1. The normalized spacial score (nSPS) is 11.0. The molecular formula is C16H16N2O2S. The first-order chi connectivity index (χ1) is 10.0. The molecule has 2 aromatic carbocycles. The summed E-state index contributed by atoms with van der Waals surface area (Å²) < 4.78 is 27.2. The van der Waals surface area contributed by atoms with E-state index in [4.69, 9.17) is 5.26 Å². The van der Waals surface area contributed by atoms with Crippen molar-refractivity contribution in [2.75, 3.05) is 6.54 Å². The topological polar surface area (TPSA) is 70.0 Å². The molecule has 4 nitrogen and oxygen atoms in total. The Hall–Kier alpha value is -2.16. The van der Waals surface area contributed by atoms with E-state index in [9.17, 15) is 8.42 Å². The monoisotopic (exact) mass is 300 g/mol. The molecule has 0 atom stereocenters. The van der Waals surface area contributed by atoms with Gasteiger partial charge in [-0.2, -0.15) is 5.26 Å². The highest BCUT2D eigenvalue weighted by Gasteiger charge is 2.16. The third-order valence-corrected chi connectivity index (χ3v) is 4.76. The van der Waals surface area contributed by atoms with Crippen LogP contribution in [-0.4, -0.2) is 15.0 Å². The summed E-state index contributed by atoms with van der Waals surface area (Å²) in [5, 5.41) is 8.88. The minimum absolute atomic E-state index is 0.162. The fraction of sp³-hybridized carbons (Fsp3) is 0.188. The summed E-state index contributed by atoms with van der Waals surface area (Å²) in [5.41, 5.74) is 2.04. The van der Waals surface area contributed by atoms with Crippen LogP contribution in [0.3, 0.4) is 0 Å². The Bertz CT molecular complexity index is 763. The second kappa shape index (κ2) is 6.53. The molecule has 0 aliphatic carbocycles. The SMILES string of the molecule is Cc1ccc(C#N)cc1S(=O)(=O)NCCc1ccccc1. The van der Waals surface area contributed by atoms with Gasteiger partial charge in [-0.15, -0.1) is 0 Å². The minimum Gasteiger partial charge on any atom is -0.211 e. The zero-order valence-corrected chi connectivity index (χ0v) is 12.5. The second-order valence-electron chi connectivity index (χ2n) is 4.73. The average Bonchev–Trinajstić information content (AvgIpc) is 2.48. The standard InChI is InChI=1S/C16H16N2O2S/c1-13-7-8-15(12-17)11-16(13)21(19,20)18-10-9-14-5-3-2-4-6-14/h2-8,11,18H,9-10H2,1H3. The smallest absolute Gasteiger partial charge is 0.211 e. The summed E-state index contributed by atoms with van der Waals surface area (Å²) in [6, 6.07) is 16.3. The van der Waals surface area contributed by atoms with Crippen LogP contribution in [0.4, 0.5) is 0 Å². The zero-order chi connectivity index (χ0) is 15.3. The third kappa shape index (κ3) is 3.91. The van der Waals surface area contributed by atoms with Gasteiger partial charge in [0.25, 0.3) is 0 Å². The van der Waals surface area contributed by atoms with Crippen molar-refractivity contribution in [2.24, 2.45) is 0 Å². The Morgan fingerprint density at radius 2 is 1.86 bits per heavy atom. The van der Waals surface area contributed by atoms with Crippen molar-refractivity contribution in [3.8, 4) is 6.07 Å². The van der Waals surface area contributed by atoms with E-state index >= 15 is 0 Å². The highest BCUT2D eigenvalue weighted by atomic mass is 32.2. The lowest BCUT2D eigenvalue weighted by Gasteiger charge is -2.09. The molecular weight excluding hydrogens is 284 g/mol.